The first-order valence-corrected chi connectivity index (χ1v) is 9.04. The summed E-state index contributed by atoms with van der Waals surface area (Å²) in [6.07, 6.45) is 3.39. The molecule has 2 N–H and O–H groups in total. The Morgan fingerprint density at radius 2 is 2.11 bits per heavy atom. The first-order chi connectivity index (χ1) is 13.0. The second-order valence-electron chi connectivity index (χ2n) is 6.09. The van der Waals surface area contributed by atoms with Crippen LogP contribution in [0, 0.1) is 6.92 Å². The van der Waals surface area contributed by atoms with Crippen LogP contribution in [0.1, 0.15) is 11.9 Å². The minimum atomic E-state index is -0.216. The van der Waals surface area contributed by atoms with E-state index in [0.717, 1.165) is 37.9 Å². The van der Waals surface area contributed by atoms with Gasteiger partial charge in [0, 0.05) is 28.6 Å². The van der Waals surface area contributed by atoms with E-state index in [-0.39, 0.29) is 5.91 Å². The van der Waals surface area contributed by atoms with Crippen LogP contribution >= 0.6 is 11.3 Å². The molecule has 0 unspecified atom stereocenters. The van der Waals surface area contributed by atoms with Gasteiger partial charge in [-0.05, 0) is 26.0 Å². The van der Waals surface area contributed by atoms with Gasteiger partial charge in [-0.15, -0.1) is 10.2 Å². The van der Waals surface area contributed by atoms with Gasteiger partial charge in [-0.25, -0.2) is 9.97 Å². The standard InChI is InChI=1S/C19H16N6OS/c1-10(2)18(26)23-13-6-4-5-12(7-13)16-15-14(19-25-24-11(3)27-19)8-20-17(15)22-9-21-16/h4-9H,1H2,2-3H3,(H,23,26)(H,20,21,22). The van der Waals surface area contributed by atoms with Gasteiger partial charge in [0.05, 0.1) is 11.1 Å². The van der Waals surface area contributed by atoms with E-state index >= 15 is 0 Å². The average Bonchev–Trinajstić information content (AvgIpc) is 3.27. The zero-order valence-corrected chi connectivity index (χ0v) is 15.6. The van der Waals surface area contributed by atoms with Crippen molar-refractivity contribution >= 4 is 34.0 Å². The Morgan fingerprint density at radius 1 is 1.26 bits per heavy atom. The molecule has 0 aliphatic carbocycles. The molecule has 0 saturated carbocycles. The summed E-state index contributed by atoms with van der Waals surface area (Å²) < 4.78 is 0. The molecular formula is C19H16N6OS. The monoisotopic (exact) mass is 376 g/mol. The van der Waals surface area contributed by atoms with Gasteiger partial charge < -0.3 is 10.3 Å². The van der Waals surface area contributed by atoms with Crippen molar-refractivity contribution < 1.29 is 4.79 Å². The molecule has 134 valence electrons. The maximum Gasteiger partial charge on any atom is 0.250 e. The molecule has 0 bridgehead atoms. The number of anilines is 1. The lowest BCUT2D eigenvalue weighted by Gasteiger charge is -2.08. The summed E-state index contributed by atoms with van der Waals surface area (Å²) in [5, 5.41) is 13.8. The molecule has 0 atom stereocenters. The fourth-order valence-corrected chi connectivity index (χ4v) is 3.45. The van der Waals surface area contributed by atoms with E-state index in [1.54, 1.807) is 6.92 Å². The summed E-state index contributed by atoms with van der Waals surface area (Å²) in [5.74, 6) is -0.216. The van der Waals surface area contributed by atoms with Crippen LogP contribution in [0.2, 0.25) is 0 Å². The van der Waals surface area contributed by atoms with E-state index in [9.17, 15) is 4.79 Å². The first-order valence-electron chi connectivity index (χ1n) is 8.23. The predicted molar refractivity (Wildman–Crippen MR) is 106 cm³/mol. The Balaban J connectivity index is 1.84. The van der Waals surface area contributed by atoms with Gasteiger partial charge in [0.2, 0.25) is 0 Å². The topological polar surface area (TPSA) is 96.5 Å². The number of nitrogens with one attached hydrogen (secondary N) is 2. The lowest BCUT2D eigenvalue weighted by atomic mass is 10.1. The Hall–Kier alpha value is -3.39. The van der Waals surface area contributed by atoms with Crippen LogP contribution in [0.5, 0.6) is 0 Å². The number of aryl methyl sites for hydroxylation is 1. The van der Waals surface area contributed by atoms with Crippen LogP contribution in [0.4, 0.5) is 5.69 Å². The molecule has 8 heteroatoms. The van der Waals surface area contributed by atoms with E-state index in [4.69, 9.17) is 0 Å². The molecule has 3 aromatic heterocycles. The van der Waals surface area contributed by atoms with Crippen LogP contribution in [-0.2, 0) is 4.79 Å². The number of benzene rings is 1. The van der Waals surface area contributed by atoms with Crippen molar-refractivity contribution in [3.8, 4) is 21.8 Å². The summed E-state index contributed by atoms with van der Waals surface area (Å²) in [6.45, 7) is 7.25. The van der Waals surface area contributed by atoms with Gasteiger partial charge >= 0.3 is 0 Å². The third-order valence-corrected chi connectivity index (χ3v) is 4.88. The van der Waals surface area contributed by atoms with Crippen LogP contribution in [-0.4, -0.2) is 31.1 Å². The second kappa shape index (κ2) is 6.73. The molecule has 1 amide bonds. The van der Waals surface area contributed by atoms with Gasteiger partial charge in [-0.3, -0.25) is 4.79 Å². The lowest BCUT2D eigenvalue weighted by molar-refractivity contribution is -0.112. The Kier molecular flexibility index (Phi) is 4.25. The van der Waals surface area contributed by atoms with E-state index in [1.807, 2.05) is 37.4 Å². The maximum absolute atomic E-state index is 11.9. The number of nitrogens with zero attached hydrogens (tertiary/aromatic N) is 4. The van der Waals surface area contributed by atoms with Crippen molar-refractivity contribution in [1.29, 1.82) is 0 Å². The number of amides is 1. The van der Waals surface area contributed by atoms with Gasteiger partial charge in [-0.1, -0.05) is 30.0 Å². The first kappa shape index (κ1) is 17.0. The molecule has 0 saturated heterocycles. The molecule has 0 aliphatic rings. The lowest BCUT2D eigenvalue weighted by Crippen LogP contribution is -2.11. The molecule has 0 radical (unpaired) electrons. The number of hydrogen-bond donors (Lipinski definition) is 2. The molecule has 4 aromatic rings. The number of rotatable bonds is 4. The molecule has 4 rings (SSSR count). The van der Waals surface area contributed by atoms with Gasteiger partial charge in [0.15, 0.2) is 0 Å². The van der Waals surface area contributed by atoms with E-state index in [0.29, 0.717) is 11.3 Å². The van der Waals surface area contributed by atoms with E-state index in [1.165, 1.54) is 17.7 Å². The Labute approximate surface area is 159 Å². The fourth-order valence-electron chi connectivity index (χ4n) is 2.74. The number of H-pyrrole nitrogens is 1. The summed E-state index contributed by atoms with van der Waals surface area (Å²) in [4.78, 5) is 23.9. The molecule has 0 fully saturated rings. The minimum Gasteiger partial charge on any atom is -0.345 e. The molecule has 7 nitrogen and oxygen atoms in total. The van der Waals surface area contributed by atoms with Crippen molar-refractivity contribution in [2.24, 2.45) is 0 Å². The number of aromatic amines is 1. The summed E-state index contributed by atoms with van der Waals surface area (Å²) in [7, 11) is 0. The van der Waals surface area contributed by atoms with Gasteiger partial charge in [-0.2, -0.15) is 0 Å². The van der Waals surface area contributed by atoms with Crippen molar-refractivity contribution in [3.63, 3.8) is 0 Å². The largest absolute Gasteiger partial charge is 0.345 e. The molecule has 3 heterocycles. The fraction of sp³-hybridized carbons (Fsp3) is 0.105. The number of carbonyl (C=O) groups is 1. The van der Waals surface area contributed by atoms with Crippen molar-refractivity contribution in [3.05, 3.63) is 53.9 Å². The highest BCUT2D eigenvalue weighted by atomic mass is 32.1. The highest BCUT2D eigenvalue weighted by molar-refractivity contribution is 7.14. The second-order valence-corrected chi connectivity index (χ2v) is 7.27. The smallest absolute Gasteiger partial charge is 0.250 e. The average molecular weight is 376 g/mol. The minimum absolute atomic E-state index is 0.216. The van der Waals surface area contributed by atoms with Crippen LogP contribution in [0.3, 0.4) is 0 Å². The van der Waals surface area contributed by atoms with Crippen molar-refractivity contribution in [2.45, 2.75) is 13.8 Å². The molecule has 0 aliphatic heterocycles. The third-order valence-electron chi connectivity index (χ3n) is 4.01. The summed E-state index contributed by atoms with van der Waals surface area (Å²) >= 11 is 1.51. The van der Waals surface area contributed by atoms with E-state index in [2.05, 4.69) is 37.0 Å². The zero-order chi connectivity index (χ0) is 19.0. The molecule has 0 spiro atoms. The van der Waals surface area contributed by atoms with Gasteiger partial charge in [0.25, 0.3) is 5.91 Å². The molecule has 1 aromatic carbocycles. The van der Waals surface area contributed by atoms with Crippen molar-refractivity contribution in [1.82, 2.24) is 25.1 Å². The number of fused-ring (bicyclic) bond motifs is 1. The summed E-state index contributed by atoms with van der Waals surface area (Å²) in [5.41, 5.74) is 4.38. The molecule has 27 heavy (non-hydrogen) atoms. The molecular weight excluding hydrogens is 360 g/mol. The Morgan fingerprint density at radius 3 is 2.85 bits per heavy atom. The zero-order valence-electron chi connectivity index (χ0n) is 14.8. The van der Waals surface area contributed by atoms with Crippen LogP contribution in [0.15, 0.2) is 48.9 Å². The van der Waals surface area contributed by atoms with Gasteiger partial charge in [0.1, 0.15) is 22.0 Å². The van der Waals surface area contributed by atoms with Crippen molar-refractivity contribution in [2.75, 3.05) is 5.32 Å². The number of aromatic nitrogens is 5. The number of carbonyl (C=O) groups excluding carboxylic acids is 1. The van der Waals surface area contributed by atoms with E-state index < -0.39 is 0 Å². The number of hydrogen-bond acceptors (Lipinski definition) is 6. The van der Waals surface area contributed by atoms with Crippen LogP contribution < -0.4 is 5.32 Å². The highest BCUT2D eigenvalue weighted by Crippen LogP contribution is 2.35. The third kappa shape index (κ3) is 3.22. The van der Waals surface area contributed by atoms with Crippen LogP contribution in [0.25, 0.3) is 32.9 Å². The summed E-state index contributed by atoms with van der Waals surface area (Å²) in [6, 6.07) is 7.53. The Bertz CT molecular complexity index is 1180. The maximum atomic E-state index is 11.9. The predicted octanol–water partition coefficient (Wildman–Crippen LogP) is 3.97. The SMILES string of the molecule is C=C(C)C(=O)Nc1cccc(-c2ncnc3[nH]cc(-c4nnc(C)s4)c23)c1. The normalized spacial score (nSPS) is 10.9. The quantitative estimate of drug-likeness (QED) is 0.525. The highest BCUT2D eigenvalue weighted by Gasteiger charge is 2.17.